The third kappa shape index (κ3) is 5.11. The molecule has 9 heteroatoms. The number of piperidine rings is 1. The van der Waals surface area contributed by atoms with Gasteiger partial charge >= 0.3 is 0 Å². The van der Waals surface area contributed by atoms with E-state index in [1.807, 2.05) is 35.2 Å². The second-order valence-corrected chi connectivity index (χ2v) is 7.74. The summed E-state index contributed by atoms with van der Waals surface area (Å²) in [5, 5.41) is 6.40. The Morgan fingerprint density at radius 1 is 1.06 bits per heavy atom. The predicted octanol–water partition coefficient (Wildman–Crippen LogP) is 1.17. The van der Waals surface area contributed by atoms with Gasteiger partial charge < -0.3 is 24.4 Å². The molecule has 164 valence electrons. The molecule has 2 aromatic rings. The number of hydrogen-bond acceptors (Lipinski definition) is 6. The first kappa shape index (κ1) is 21.0. The summed E-state index contributed by atoms with van der Waals surface area (Å²) in [7, 11) is 0. The van der Waals surface area contributed by atoms with E-state index in [4.69, 9.17) is 9.26 Å². The summed E-state index contributed by atoms with van der Waals surface area (Å²) in [5.41, 5.74) is 0.931. The molecular weight excluding hydrogens is 400 g/mol. The molecule has 1 unspecified atom stereocenters. The maximum atomic E-state index is 12.7. The number of carbonyl (C=O) groups excluding carboxylic acids is 3. The largest absolute Gasteiger partial charge is 0.378 e. The molecule has 4 rings (SSSR count). The summed E-state index contributed by atoms with van der Waals surface area (Å²) in [6.07, 6.45) is 1.54. The van der Waals surface area contributed by atoms with Crippen molar-refractivity contribution in [1.29, 1.82) is 0 Å². The minimum absolute atomic E-state index is 0.0841. The fraction of sp³-hybridized carbons (Fsp3) is 0.455. The van der Waals surface area contributed by atoms with Crippen LogP contribution in [-0.2, 0) is 14.3 Å². The van der Waals surface area contributed by atoms with Crippen LogP contribution in [0.2, 0.25) is 0 Å². The van der Waals surface area contributed by atoms with Crippen molar-refractivity contribution in [2.24, 2.45) is 5.92 Å². The summed E-state index contributed by atoms with van der Waals surface area (Å²) in [6, 6.07) is 10.9. The number of nitrogens with one attached hydrogen (secondary N) is 1. The van der Waals surface area contributed by atoms with E-state index in [0.717, 1.165) is 18.4 Å². The van der Waals surface area contributed by atoms with Gasteiger partial charge in [0.2, 0.25) is 11.8 Å². The zero-order chi connectivity index (χ0) is 21.6. The molecule has 1 aromatic carbocycles. The topological polar surface area (TPSA) is 105 Å². The van der Waals surface area contributed by atoms with Gasteiger partial charge in [0.05, 0.1) is 25.7 Å². The van der Waals surface area contributed by atoms with Crippen LogP contribution < -0.4 is 5.32 Å². The number of hydrogen-bond donors (Lipinski definition) is 1. The van der Waals surface area contributed by atoms with Crippen molar-refractivity contribution >= 4 is 17.7 Å². The number of nitrogens with zero attached hydrogens (tertiary/aromatic N) is 3. The van der Waals surface area contributed by atoms with Gasteiger partial charge in [0.25, 0.3) is 5.91 Å². The summed E-state index contributed by atoms with van der Waals surface area (Å²) in [6.45, 7) is 3.13. The SMILES string of the molecule is O=C(NCC(=O)N1CCCC(C(=O)N2CCOCC2)C1)c1cc(-c2ccccc2)on1. The molecule has 0 spiro atoms. The Kier molecular flexibility index (Phi) is 6.61. The molecule has 0 bridgehead atoms. The quantitative estimate of drug-likeness (QED) is 0.770. The van der Waals surface area contributed by atoms with Crippen molar-refractivity contribution in [3.8, 4) is 11.3 Å². The summed E-state index contributed by atoms with van der Waals surface area (Å²) < 4.78 is 10.5. The molecular formula is C22H26N4O5. The van der Waals surface area contributed by atoms with Crippen LogP contribution in [0.15, 0.2) is 40.9 Å². The molecule has 2 aliphatic rings. The van der Waals surface area contributed by atoms with Crippen LogP contribution in [0.1, 0.15) is 23.3 Å². The van der Waals surface area contributed by atoms with Crippen molar-refractivity contribution < 1.29 is 23.6 Å². The maximum absolute atomic E-state index is 12.7. The van der Waals surface area contributed by atoms with Gasteiger partial charge in [-0.3, -0.25) is 14.4 Å². The van der Waals surface area contributed by atoms with E-state index in [1.54, 1.807) is 11.0 Å². The molecule has 1 N–H and O–H groups in total. The van der Waals surface area contributed by atoms with E-state index in [-0.39, 0.29) is 30.0 Å². The minimum Gasteiger partial charge on any atom is -0.378 e. The molecule has 3 heterocycles. The van der Waals surface area contributed by atoms with Crippen LogP contribution in [0, 0.1) is 5.92 Å². The number of aromatic nitrogens is 1. The average Bonchev–Trinajstić information content (AvgIpc) is 3.33. The first-order valence-electron chi connectivity index (χ1n) is 10.6. The zero-order valence-corrected chi connectivity index (χ0v) is 17.3. The van der Waals surface area contributed by atoms with Gasteiger partial charge in [0.1, 0.15) is 0 Å². The number of carbonyl (C=O) groups is 3. The van der Waals surface area contributed by atoms with Crippen molar-refractivity contribution in [3.63, 3.8) is 0 Å². The standard InChI is InChI=1S/C22H26N4O5/c27-20(26-8-4-7-17(15-26)22(29)25-9-11-30-12-10-25)14-23-21(28)18-13-19(31-24-18)16-5-2-1-3-6-16/h1-3,5-6,13,17H,4,7-12,14-15H2,(H,23,28). The Bertz CT molecular complexity index is 923. The highest BCUT2D eigenvalue weighted by atomic mass is 16.5. The van der Waals surface area contributed by atoms with E-state index in [2.05, 4.69) is 10.5 Å². The molecule has 2 aliphatic heterocycles. The molecule has 3 amide bonds. The molecule has 1 aromatic heterocycles. The van der Waals surface area contributed by atoms with E-state index < -0.39 is 5.91 Å². The van der Waals surface area contributed by atoms with Crippen LogP contribution in [0.4, 0.5) is 0 Å². The molecule has 0 aliphatic carbocycles. The summed E-state index contributed by atoms with van der Waals surface area (Å²) in [5.74, 6) is -0.314. The monoisotopic (exact) mass is 426 g/mol. The molecule has 0 radical (unpaired) electrons. The van der Waals surface area contributed by atoms with Gasteiger partial charge in [-0.15, -0.1) is 0 Å². The van der Waals surface area contributed by atoms with Gasteiger partial charge in [-0.2, -0.15) is 0 Å². The fourth-order valence-corrected chi connectivity index (χ4v) is 3.93. The van der Waals surface area contributed by atoms with Gasteiger partial charge in [-0.25, -0.2) is 0 Å². The highest BCUT2D eigenvalue weighted by molar-refractivity contribution is 5.95. The Hall–Kier alpha value is -3.20. The second-order valence-electron chi connectivity index (χ2n) is 7.74. The molecule has 9 nitrogen and oxygen atoms in total. The molecule has 0 saturated carbocycles. The van der Waals surface area contributed by atoms with Crippen LogP contribution in [0.25, 0.3) is 11.3 Å². The third-order valence-corrected chi connectivity index (χ3v) is 5.65. The van der Waals surface area contributed by atoms with E-state index >= 15 is 0 Å². The number of amides is 3. The number of likely N-dealkylation sites (tertiary alicyclic amines) is 1. The van der Waals surface area contributed by atoms with Crippen LogP contribution in [0.3, 0.4) is 0 Å². The Morgan fingerprint density at radius 2 is 1.84 bits per heavy atom. The predicted molar refractivity (Wildman–Crippen MR) is 111 cm³/mol. The summed E-state index contributed by atoms with van der Waals surface area (Å²) in [4.78, 5) is 41.2. The van der Waals surface area contributed by atoms with Crippen molar-refractivity contribution in [2.75, 3.05) is 45.9 Å². The maximum Gasteiger partial charge on any atom is 0.273 e. The van der Waals surface area contributed by atoms with Crippen molar-refractivity contribution in [1.82, 2.24) is 20.3 Å². The molecule has 31 heavy (non-hydrogen) atoms. The Labute approximate surface area is 180 Å². The van der Waals surface area contributed by atoms with Gasteiger partial charge in [0.15, 0.2) is 11.5 Å². The zero-order valence-electron chi connectivity index (χ0n) is 17.3. The lowest BCUT2D eigenvalue weighted by Crippen LogP contribution is -2.51. The number of morpholine rings is 1. The van der Waals surface area contributed by atoms with Crippen LogP contribution >= 0.6 is 0 Å². The van der Waals surface area contributed by atoms with Crippen LogP contribution in [-0.4, -0.2) is 78.6 Å². The number of benzene rings is 1. The van der Waals surface area contributed by atoms with E-state index in [0.29, 0.717) is 45.2 Å². The Balaban J connectivity index is 1.28. The fourth-order valence-electron chi connectivity index (χ4n) is 3.93. The lowest BCUT2D eigenvalue weighted by Gasteiger charge is -2.36. The number of rotatable bonds is 5. The van der Waals surface area contributed by atoms with E-state index in [9.17, 15) is 14.4 Å². The van der Waals surface area contributed by atoms with Gasteiger partial charge in [0, 0.05) is 37.8 Å². The van der Waals surface area contributed by atoms with Crippen molar-refractivity contribution in [2.45, 2.75) is 12.8 Å². The molecule has 1 atom stereocenters. The first-order chi connectivity index (χ1) is 15.1. The molecule has 2 fully saturated rings. The van der Waals surface area contributed by atoms with E-state index in [1.165, 1.54) is 0 Å². The average molecular weight is 426 g/mol. The second kappa shape index (κ2) is 9.74. The third-order valence-electron chi connectivity index (χ3n) is 5.65. The lowest BCUT2D eigenvalue weighted by molar-refractivity contribution is -0.143. The number of ether oxygens (including phenoxy) is 1. The van der Waals surface area contributed by atoms with Gasteiger partial charge in [-0.05, 0) is 12.8 Å². The highest BCUT2D eigenvalue weighted by Crippen LogP contribution is 2.21. The lowest BCUT2D eigenvalue weighted by atomic mass is 9.96. The van der Waals surface area contributed by atoms with Gasteiger partial charge in [-0.1, -0.05) is 35.5 Å². The summed E-state index contributed by atoms with van der Waals surface area (Å²) >= 11 is 0. The smallest absolute Gasteiger partial charge is 0.273 e. The minimum atomic E-state index is -0.475. The first-order valence-corrected chi connectivity index (χ1v) is 10.6. The van der Waals surface area contributed by atoms with Crippen LogP contribution in [0.5, 0.6) is 0 Å². The Morgan fingerprint density at radius 3 is 2.61 bits per heavy atom. The normalized spacial score (nSPS) is 19.2. The highest BCUT2D eigenvalue weighted by Gasteiger charge is 2.32. The molecule has 2 saturated heterocycles. The van der Waals surface area contributed by atoms with Crippen molar-refractivity contribution in [3.05, 3.63) is 42.1 Å².